The lowest BCUT2D eigenvalue weighted by molar-refractivity contribution is -0.134. The molecule has 3 aromatic rings. The molecule has 2 aliphatic heterocycles. The first-order chi connectivity index (χ1) is 18.8. The van der Waals surface area contributed by atoms with Gasteiger partial charge in [-0.2, -0.15) is 10.1 Å². The van der Waals surface area contributed by atoms with E-state index in [0.717, 1.165) is 16.9 Å². The summed E-state index contributed by atoms with van der Waals surface area (Å²) in [5, 5.41) is 6.78. The van der Waals surface area contributed by atoms with Gasteiger partial charge in [-0.05, 0) is 36.5 Å². The summed E-state index contributed by atoms with van der Waals surface area (Å²) < 4.78 is 11.0. The summed E-state index contributed by atoms with van der Waals surface area (Å²) in [7, 11) is 3.17. The second-order valence-corrected chi connectivity index (χ2v) is 10.6. The third kappa shape index (κ3) is 5.25. The Hall–Kier alpha value is -4.15. The second-order valence-electron chi connectivity index (χ2n) is 10.6. The van der Waals surface area contributed by atoms with Gasteiger partial charge in [0.15, 0.2) is 0 Å². The Kier molecular flexibility index (Phi) is 7.40. The summed E-state index contributed by atoms with van der Waals surface area (Å²) in [6.45, 7) is 6.15. The van der Waals surface area contributed by atoms with Crippen LogP contribution in [0.15, 0.2) is 42.9 Å². The maximum atomic E-state index is 14.0. The van der Waals surface area contributed by atoms with Crippen LogP contribution in [0, 0.1) is 5.92 Å². The van der Waals surface area contributed by atoms with Gasteiger partial charge in [0.05, 0.1) is 38.1 Å². The summed E-state index contributed by atoms with van der Waals surface area (Å²) in [6, 6.07) is 7.59. The van der Waals surface area contributed by atoms with Crippen molar-refractivity contribution in [3.05, 3.63) is 48.4 Å². The number of nitrogens with zero attached hydrogens (tertiary/aromatic N) is 6. The normalized spacial score (nSPS) is 16.8. The molecule has 4 heterocycles. The first-order valence-corrected chi connectivity index (χ1v) is 13.2. The summed E-state index contributed by atoms with van der Waals surface area (Å²) in [6.07, 6.45) is 6.94. The van der Waals surface area contributed by atoms with E-state index in [1.807, 2.05) is 34.1 Å². The van der Waals surface area contributed by atoms with Gasteiger partial charge in [0.1, 0.15) is 5.75 Å². The van der Waals surface area contributed by atoms with Gasteiger partial charge < -0.3 is 19.3 Å². The highest BCUT2D eigenvalue weighted by molar-refractivity contribution is 5.94. The van der Waals surface area contributed by atoms with Crippen molar-refractivity contribution < 1.29 is 19.1 Å². The molecule has 206 valence electrons. The number of benzene rings is 1. The zero-order chi connectivity index (χ0) is 27.6. The van der Waals surface area contributed by atoms with Gasteiger partial charge in [0, 0.05) is 44.0 Å². The van der Waals surface area contributed by atoms with Crippen molar-refractivity contribution in [2.24, 2.45) is 5.92 Å². The van der Waals surface area contributed by atoms with E-state index in [4.69, 9.17) is 9.47 Å². The zero-order valence-corrected chi connectivity index (χ0v) is 22.9. The number of aromatic nitrogens is 4. The van der Waals surface area contributed by atoms with Crippen molar-refractivity contribution in [1.29, 1.82) is 0 Å². The number of hydrogen-bond acceptors (Lipinski definition) is 7. The number of carbonyl (C=O) groups excluding carboxylic acids is 2. The predicted octanol–water partition coefficient (Wildman–Crippen LogP) is 3.73. The Morgan fingerprint density at radius 3 is 2.62 bits per heavy atom. The third-order valence-electron chi connectivity index (χ3n) is 7.58. The van der Waals surface area contributed by atoms with Crippen LogP contribution in [0.2, 0.25) is 0 Å². The average Bonchev–Trinajstić information content (AvgIpc) is 3.57. The fraction of sp³-hybridized carbons (Fsp3) is 0.464. The Balaban J connectivity index is 1.45. The van der Waals surface area contributed by atoms with Crippen LogP contribution in [0.3, 0.4) is 0 Å². The molecule has 0 aliphatic carbocycles. The Labute approximate surface area is 228 Å². The highest BCUT2D eigenvalue weighted by Gasteiger charge is 2.52. The van der Waals surface area contributed by atoms with Crippen LogP contribution in [-0.4, -0.2) is 81.3 Å². The van der Waals surface area contributed by atoms with Gasteiger partial charge in [-0.25, -0.2) is 9.78 Å². The molecule has 0 saturated carbocycles. The topological polar surface area (TPSA) is 117 Å². The average molecular weight is 534 g/mol. The zero-order valence-electron chi connectivity index (χ0n) is 22.9. The Bertz CT molecular complexity index is 1320. The standard InChI is InChI=1S/C28H35N7O4/c1-19(2)12-24(36)33-10-8-28(9-11-33)18-34(27(37)35(28)17-20-6-5-7-22(13-20)38-3)26-29-16-23(25(32-26)39-4)21-14-30-31-15-21/h5-7,13-16,19H,8-12,17-18H2,1-4H3,(H,30,31). The largest absolute Gasteiger partial charge is 0.497 e. The maximum Gasteiger partial charge on any atom is 0.327 e. The molecule has 11 nitrogen and oxygen atoms in total. The van der Waals surface area contributed by atoms with E-state index in [0.29, 0.717) is 62.8 Å². The number of aromatic amines is 1. The number of urea groups is 1. The molecule has 1 spiro atoms. The first kappa shape index (κ1) is 26.5. The molecule has 0 bridgehead atoms. The van der Waals surface area contributed by atoms with E-state index in [1.54, 1.807) is 37.7 Å². The molecule has 2 fully saturated rings. The van der Waals surface area contributed by atoms with Crippen molar-refractivity contribution in [3.63, 3.8) is 0 Å². The number of anilines is 1. The number of H-pyrrole nitrogens is 1. The Morgan fingerprint density at radius 1 is 1.15 bits per heavy atom. The lowest BCUT2D eigenvalue weighted by Gasteiger charge is -2.44. The molecule has 1 aromatic carbocycles. The maximum absolute atomic E-state index is 14.0. The number of amides is 3. The van der Waals surface area contributed by atoms with Gasteiger partial charge in [-0.15, -0.1) is 0 Å². The summed E-state index contributed by atoms with van der Waals surface area (Å²) in [5.74, 6) is 1.86. The number of nitrogens with one attached hydrogen (secondary N) is 1. The molecule has 0 radical (unpaired) electrons. The van der Waals surface area contributed by atoms with Crippen molar-refractivity contribution >= 4 is 17.9 Å². The van der Waals surface area contributed by atoms with Gasteiger partial charge in [0.2, 0.25) is 17.7 Å². The van der Waals surface area contributed by atoms with E-state index in [9.17, 15) is 9.59 Å². The molecule has 2 aromatic heterocycles. The summed E-state index contributed by atoms with van der Waals surface area (Å²) in [5.41, 5.74) is 1.98. The fourth-order valence-electron chi connectivity index (χ4n) is 5.46. The van der Waals surface area contributed by atoms with Crippen LogP contribution in [0.25, 0.3) is 11.1 Å². The Morgan fingerprint density at radius 2 is 1.95 bits per heavy atom. The number of methoxy groups -OCH3 is 2. The third-order valence-corrected chi connectivity index (χ3v) is 7.58. The van der Waals surface area contributed by atoms with Crippen molar-refractivity contribution in [2.45, 2.75) is 45.2 Å². The second kappa shape index (κ2) is 10.9. The van der Waals surface area contributed by atoms with Crippen molar-refractivity contribution in [2.75, 3.05) is 38.8 Å². The fourth-order valence-corrected chi connectivity index (χ4v) is 5.46. The quantitative estimate of drug-likeness (QED) is 0.469. The minimum Gasteiger partial charge on any atom is -0.497 e. The molecule has 1 N–H and O–H groups in total. The number of rotatable bonds is 8. The molecule has 2 aliphatic rings. The monoisotopic (exact) mass is 533 g/mol. The van der Waals surface area contributed by atoms with Gasteiger partial charge in [-0.1, -0.05) is 26.0 Å². The number of carbonyl (C=O) groups is 2. The lowest BCUT2D eigenvalue weighted by atomic mass is 9.86. The van der Waals surface area contributed by atoms with Crippen LogP contribution >= 0.6 is 0 Å². The minimum absolute atomic E-state index is 0.169. The lowest BCUT2D eigenvalue weighted by Crippen LogP contribution is -2.55. The van der Waals surface area contributed by atoms with Gasteiger partial charge in [0.25, 0.3) is 0 Å². The summed E-state index contributed by atoms with van der Waals surface area (Å²) >= 11 is 0. The van der Waals surface area contributed by atoms with E-state index in [2.05, 4.69) is 34.0 Å². The minimum atomic E-state index is -0.464. The SMILES string of the molecule is COc1cccc(CN2C(=O)N(c3ncc(-c4cn[nH]c4)c(OC)n3)CC23CCN(C(=O)CC(C)C)CC3)c1. The molecular weight excluding hydrogens is 498 g/mol. The van der Waals surface area contributed by atoms with Crippen LogP contribution in [-0.2, 0) is 11.3 Å². The molecule has 39 heavy (non-hydrogen) atoms. The summed E-state index contributed by atoms with van der Waals surface area (Å²) in [4.78, 5) is 41.5. The van der Waals surface area contributed by atoms with E-state index < -0.39 is 5.54 Å². The van der Waals surface area contributed by atoms with E-state index in [-0.39, 0.29) is 17.9 Å². The van der Waals surface area contributed by atoms with Crippen molar-refractivity contribution in [1.82, 2.24) is 30.0 Å². The molecule has 2 saturated heterocycles. The molecule has 3 amide bonds. The molecule has 5 rings (SSSR count). The first-order valence-electron chi connectivity index (χ1n) is 13.2. The smallest absolute Gasteiger partial charge is 0.327 e. The molecule has 0 unspecified atom stereocenters. The molecule has 11 heteroatoms. The van der Waals surface area contributed by atoms with Crippen LogP contribution in [0.1, 0.15) is 38.7 Å². The highest BCUT2D eigenvalue weighted by Crippen LogP contribution is 2.40. The van der Waals surface area contributed by atoms with Gasteiger partial charge >= 0.3 is 6.03 Å². The molecular formula is C28H35N7O4. The number of piperidine rings is 1. The predicted molar refractivity (Wildman–Crippen MR) is 145 cm³/mol. The van der Waals surface area contributed by atoms with E-state index >= 15 is 0 Å². The van der Waals surface area contributed by atoms with Gasteiger partial charge in [-0.3, -0.25) is 14.8 Å². The van der Waals surface area contributed by atoms with Crippen LogP contribution in [0.4, 0.5) is 10.7 Å². The van der Waals surface area contributed by atoms with Crippen LogP contribution < -0.4 is 14.4 Å². The number of hydrogen-bond donors (Lipinski definition) is 1. The van der Waals surface area contributed by atoms with E-state index in [1.165, 1.54) is 0 Å². The number of likely N-dealkylation sites (tertiary alicyclic amines) is 1. The number of ether oxygens (including phenoxy) is 2. The highest BCUT2D eigenvalue weighted by atomic mass is 16.5. The van der Waals surface area contributed by atoms with Crippen molar-refractivity contribution in [3.8, 4) is 22.8 Å². The molecule has 0 atom stereocenters. The van der Waals surface area contributed by atoms with Crippen LogP contribution in [0.5, 0.6) is 11.6 Å².